The smallest absolute Gasteiger partial charge is 0.150 e. The Kier molecular flexibility index (Phi) is 5.42. The molecule has 4 aromatic rings. The topological polar surface area (TPSA) is 86.3 Å². The second-order valence-corrected chi connectivity index (χ2v) is 9.82. The molecule has 3 aromatic heterocycles. The molecule has 0 atom stereocenters. The number of benzene rings is 1. The van der Waals surface area contributed by atoms with Gasteiger partial charge in [-0.2, -0.15) is 0 Å². The molecular weight excluding hydrogens is 460 g/mol. The van der Waals surface area contributed by atoms with Crippen molar-refractivity contribution < 1.29 is 18.6 Å². The average Bonchev–Trinajstić information content (AvgIpc) is 3.47. The zero-order valence-corrected chi connectivity index (χ0v) is 19.1. The van der Waals surface area contributed by atoms with Gasteiger partial charge in [0.15, 0.2) is 5.82 Å². The van der Waals surface area contributed by atoms with Crippen molar-refractivity contribution in [2.24, 2.45) is 0 Å². The zero-order valence-electron chi connectivity index (χ0n) is 18.3. The molecule has 3 N–H and O–H groups in total. The lowest BCUT2D eigenvalue weighted by Crippen LogP contribution is -2.56. The molecule has 0 bridgehead atoms. The first-order valence-corrected chi connectivity index (χ1v) is 12.0. The van der Waals surface area contributed by atoms with E-state index in [1.807, 2.05) is 6.07 Å². The Labute approximate surface area is 198 Å². The van der Waals surface area contributed by atoms with Gasteiger partial charge in [0.25, 0.3) is 0 Å². The average molecular weight is 484 g/mol. The van der Waals surface area contributed by atoms with Gasteiger partial charge < -0.3 is 20.1 Å². The molecule has 1 aromatic carbocycles. The van der Waals surface area contributed by atoms with E-state index in [9.17, 15) is 13.9 Å². The molecule has 2 saturated heterocycles. The van der Waals surface area contributed by atoms with Crippen LogP contribution in [0, 0.1) is 11.6 Å². The molecule has 10 heteroatoms. The van der Waals surface area contributed by atoms with Crippen LogP contribution in [0.1, 0.15) is 10.6 Å². The lowest BCUT2D eigenvalue weighted by molar-refractivity contribution is -0.0148. The van der Waals surface area contributed by atoms with Crippen molar-refractivity contribution >= 4 is 22.4 Å². The molecule has 0 unspecified atom stereocenters. The number of hydrogen-bond donors (Lipinski definition) is 3. The highest BCUT2D eigenvalue weighted by Gasteiger charge is 2.39. The first-order valence-electron chi connectivity index (χ1n) is 11.2. The van der Waals surface area contributed by atoms with Crippen molar-refractivity contribution in [2.75, 3.05) is 39.4 Å². The fraction of sp³-hybridized carbons (Fsp3) is 0.333. The molecule has 0 radical (unpaired) electrons. The molecular formula is C24H23F2N5O2S. The number of nitrogens with zero attached hydrogens (tertiary/aromatic N) is 3. The minimum absolute atomic E-state index is 0.281. The van der Waals surface area contributed by atoms with E-state index in [2.05, 4.69) is 25.2 Å². The molecule has 0 amide bonds. The van der Waals surface area contributed by atoms with Crippen molar-refractivity contribution in [3.63, 3.8) is 0 Å². The Bertz CT molecular complexity index is 1360. The largest absolute Gasteiger partial charge is 0.380 e. The third kappa shape index (κ3) is 3.81. The fourth-order valence-corrected chi connectivity index (χ4v) is 5.48. The van der Waals surface area contributed by atoms with Crippen molar-refractivity contribution in [2.45, 2.75) is 12.1 Å². The first-order chi connectivity index (χ1) is 16.5. The quantitative estimate of drug-likeness (QED) is 0.404. The maximum absolute atomic E-state index is 14.9. The molecule has 7 nitrogen and oxygen atoms in total. The molecule has 2 aliphatic heterocycles. The highest BCUT2D eigenvalue weighted by Crippen LogP contribution is 2.39. The summed E-state index contributed by atoms with van der Waals surface area (Å²) in [4.78, 5) is 14.5. The number of β-amino-alcohol motifs (C(OH)–C–C–N with tert-alkyl or cyclic N) is 1. The van der Waals surface area contributed by atoms with Gasteiger partial charge in [0.05, 0.1) is 24.3 Å². The summed E-state index contributed by atoms with van der Waals surface area (Å²) in [6.45, 7) is 4.29. The Hall–Kier alpha value is -2.76. The summed E-state index contributed by atoms with van der Waals surface area (Å²) < 4.78 is 35.2. The number of rotatable bonds is 5. The second kappa shape index (κ2) is 8.47. The summed E-state index contributed by atoms with van der Waals surface area (Å²) in [5.74, 6) is -0.754. The van der Waals surface area contributed by atoms with Crippen LogP contribution in [-0.2, 0) is 16.9 Å². The lowest BCUT2D eigenvalue weighted by Gasteiger charge is -2.35. The number of aromatic amines is 1. The summed E-state index contributed by atoms with van der Waals surface area (Å²) in [6, 6.07) is 6.95. The third-order valence-corrected chi connectivity index (χ3v) is 7.67. The van der Waals surface area contributed by atoms with Gasteiger partial charge in [0, 0.05) is 66.7 Å². The summed E-state index contributed by atoms with van der Waals surface area (Å²) in [7, 11) is 0. The van der Waals surface area contributed by atoms with Crippen LogP contribution in [0.15, 0.2) is 36.7 Å². The van der Waals surface area contributed by atoms with Gasteiger partial charge >= 0.3 is 0 Å². The number of thiazole rings is 1. The van der Waals surface area contributed by atoms with E-state index >= 15 is 0 Å². The van der Waals surface area contributed by atoms with Gasteiger partial charge in [-0.05, 0) is 12.1 Å². The van der Waals surface area contributed by atoms with Crippen LogP contribution in [0.4, 0.5) is 8.78 Å². The van der Waals surface area contributed by atoms with Crippen LogP contribution in [0.3, 0.4) is 0 Å². The molecule has 0 saturated carbocycles. The van der Waals surface area contributed by atoms with Crippen LogP contribution in [0.5, 0.6) is 0 Å². The van der Waals surface area contributed by atoms with E-state index < -0.39 is 11.4 Å². The molecule has 0 aliphatic carbocycles. The molecule has 34 heavy (non-hydrogen) atoms. The zero-order chi connectivity index (χ0) is 23.3. The second-order valence-electron chi connectivity index (χ2n) is 8.79. The Morgan fingerprint density at radius 1 is 1.09 bits per heavy atom. The van der Waals surface area contributed by atoms with Crippen LogP contribution in [0.25, 0.3) is 32.7 Å². The Morgan fingerprint density at radius 3 is 2.65 bits per heavy atom. The number of nitrogens with one attached hydrogen (secondary N) is 2. The van der Waals surface area contributed by atoms with E-state index in [0.29, 0.717) is 76.2 Å². The van der Waals surface area contributed by atoms with E-state index in [1.54, 1.807) is 18.3 Å². The molecule has 5 heterocycles. The minimum Gasteiger partial charge on any atom is -0.380 e. The minimum atomic E-state index is -1.00. The number of morpholine rings is 1. The normalized spacial score (nSPS) is 18.3. The molecule has 0 spiro atoms. The van der Waals surface area contributed by atoms with E-state index in [4.69, 9.17) is 4.74 Å². The maximum atomic E-state index is 14.9. The van der Waals surface area contributed by atoms with Crippen LogP contribution >= 0.6 is 11.3 Å². The van der Waals surface area contributed by atoms with Crippen molar-refractivity contribution in [1.82, 2.24) is 25.2 Å². The number of hydrogen-bond acceptors (Lipinski definition) is 7. The van der Waals surface area contributed by atoms with Crippen LogP contribution < -0.4 is 5.32 Å². The predicted molar refractivity (Wildman–Crippen MR) is 125 cm³/mol. The molecule has 2 aliphatic rings. The van der Waals surface area contributed by atoms with E-state index in [-0.39, 0.29) is 5.82 Å². The number of fused-ring (bicyclic) bond motifs is 1. The van der Waals surface area contributed by atoms with Gasteiger partial charge in [-0.25, -0.2) is 18.7 Å². The van der Waals surface area contributed by atoms with Gasteiger partial charge in [0.1, 0.15) is 22.1 Å². The van der Waals surface area contributed by atoms with Gasteiger partial charge in [0.2, 0.25) is 0 Å². The highest BCUT2D eigenvalue weighted by molar-refractivity contribution is 7.15. The number of H-pyrrole nitrogens is 1. The van der Waals surface area contributed by atoms with E-state index in [0.717, 1.165) is 13.1 Å². The predicted octanol–water partition coefficient (Wildman–Crippen LogP) is 3.25. The Morgan fingerprint density at radius 2 is 1.91 bits per heavy atom. The van der Waals surface area contributed by atoms with Gasteiger partial charge in [-0.3, -0.25) is 4.90 Å². The summed E-state index contributed by atoms with van der Waals surface area (Å²) in [5, 5.41) is 14.7. The number of halogens is 2. The summed E-state index contributed by atoms with van der Waals surface area (Å²) in [6.07, 6.45) is 2.75. The maximum Gasteiger partial charge on any atom is 0.150 e. The molecule has 6 rings (SSSR count). The number of ether oxygens (including phenoxy) is 1. The van der Waals surface area contributed by atoms with Crippen molar-refractivity contribution in [3.05, 3.63) is 58.9 Å². The monoisotopic (exact) mass is 483 g/mol. The molecule has 2 fully saturated rings. The Balaban J connectivity index is 1.33. The van der Waals surface area contributed by atoms with Crippen LogP contribution in [-0.4, -0.2) is 64.4 Å². The summed E-state index contributed by atoms with van der Waals surface area (Å²) in [5.41, 5.74) is 1.81. The number of aliphatic hydroxyl groups is 1. The molecule has 176 valence electrons. The number of pyridine rings is 1. The highest BCUT2D eigenvalue weighted by atomic mass is 32.1. The van der Waals surface area contributed by atoms with Crippen molar-refractivity contribution in [3.8, 4) is 21.7 Å². The van der Waals surface area contributed by atoms with E-state index in [1.165, 1.54) is 23.6 Å². The van der Waals surface area contributed by atoms with Crippen molar-refractivity contribution in [1.29, 1.82) is 0 Å². The number of aromatic nitrogens is 3. The first kappa shape index (κ1) is 21.8. The summed E-state index contributed by atoms with van der Waals surface area (Å²) >= 11 is 1.27. The standard InChI is InChI=1S/C24H23F2N5O2S/c25-17-7-14(1-2-15(17)11-31-3-5-33-6-4-31)19-8-16-21(18(26)9-28-22(16)30-19)20-10-29-23(34-20)24(32)12-27-13-24/h1-2,7-10,27,32H,3-6,11-13H2,(H,28,30). The van der Waals surface area contributed by atoms with Gasteiger partial charge in [-0.15, -0.1) is 11.3 Å². The SMILES string of the molecule is OC1(c2ncc(-c3c(F)cnc4[nH]c(-c5ccc(CN6CCOCC6)c(F)c5)cc34)s2)CNC1. The third-order valence-electron chi connectivity index (χ3n) is 6.46. The van der Waals surface area contributed by atoms with Crippen LogP contribution in [0.2, 0.25) is 0 Å². The lowest BCUT2D eigenvalue weighted by atomic mass is 9.99. The van der Waals surface area contributed by atoms with Gasteiger partial charge in [-0.1, -0.05) is 12.1 Å². The fourth-order valence-electron chi connectivity index (χ4n) is 4.42.